The lowest BCUT2D eigenvalue weighted by Gasteiger charge is -2.26. The van der Waals surface area contributed by atoms with E-state index in [0.717, 1.165) is 24.3 Å². The first-order valence-electron chi connectivity index (χ1n) is 9.64. The molecular formula is C22H23NO5. The predicted molar refractivity (Wildman–Crippen MR) is 105 cm³/mol. The van der Waals surface area contributed by atoms with Crippen LogP contribution in [0, 0.1) is 5.92 Å². The zero-order valence-electron chi connectivity index (χ0n) is 16.1. The molecule has 2 aliphatic rings. The van der Waals surface area contributed by atoms with Crippen molar-refractivity contribution in [1.82, 2.24) is 0 Å². The summed E-state index contributed by atoms with van der Waals surface area (Å²) >= 11 is 0. The van der Waals surface area contributed by atoms with Gasteiger partial charge in [0.2, 0.25) is 0 Å². The van der Waals surface area contributed by atoms with Crippen LogP contribution in [0.2, 0.25) is 0 Å². The van der Waals surface area contributed by atoms with Crippen molar-refractivity contribution in [3.05, 3.63) is 47.5 Å². The van der Waals surface area contributed by atoms with Crippen LogP contribution in [0.4, 0.5) is 5.69 Å². The van der Waals surface area contributed by atoms with Gasteiger partial charge >= 0.3 is 5.97 Å². The van der Waals surface area contributed by atoms with E-state index in [0.29, 0.717) is 42.4 Å². The molecule has 0 spiro atoms. The third-order valence-electron chi connectivity index (χ3n) is 5.24. The standard InChI is InChI=1S/C22H23NO5/c1-3-23(4-2)16-7-5-14-11-17(22(25)28-19(14)13-16)21(24)15-6-8-18-20(12-15)27-10-9-26-18/h5-8,12-13,17H,3-4,9-11H2,1-2H3. The topological polar surface area (TPSA) is 65.1 Å². The molecule has 6 nitrogen and oxygen atoms in total. The van der Waals surface area contributed by atoms with Crippen molar-refractivity contribution in [2.45, 2.75) is 20.3 Å². The fraction of sp³-hybridized carbons (Fsp3) is 0.364. The van der Waals surface area contributed by atoms with Crippen LogP contribution in [0.3, 0.4) is 0 Å². The van der Waals surface area contributed by atoms with Crippen LogP contribution in [0.25, 0.3) is 0 Å². The monoisotopic (exact) mass is 381 g/mol. The van der Waals surface area contributed by atoms with Gasteiger partial charge in [0.1, 0.15) is 24.9 Å². The SMILES string of the molecule is CCN(CC)c1ccc2c(c1)OC(=O)C(C(=O)c1ccc3c(c1)OCCO3)C2. The van der Waals surface area contributed by atoms with E-state index in [-0.39, 0.29) is 5.78 Å². The molecule has 0 amide bonds. The summed E-state index contributed by atoms with van der Waals surface area (Å²) in [4.78, 5) is 27.7. The van der Waals surface area contributed by atoms with Gasteiger partial charge in [-0.05, 0) is 50.1 Å². The van der Waals surface area contributed by atoms with E-state index in [2.05, 4.69) is 18.7 Å². The van der Waals surface area contributed by atoms with Crippen LogP contribution in [0.15, 0.2) is 36.4 Å². The minimum atomic E-state index is -0.852. The molecule has 2 aliphatic heterocycles. The van der Waals surface area contributed by atoms with Crippen LogP contribution >= 0.6 is 0 Å². The van der Waals surface area contributed by atoms with Gasteiger partial charge in [-0.15, -0.1) is 0 Å². The van der Waals surface area contributed by atoms with Gasteiger partial charge in [0.25, 0.3) is 0 Å². The molecule has 2 aromatic rings. The third-order valence-corrected chi connectivity index (χ3v) is 5.24. The number of Topliss-reactive ketones (excluding diaryl/α,β-unsaturated/α-hetero) is 1. The first-order valence-corrected chi connectivity index (χ1v) is 9.64. The minimum Gasteiger partial charge on any atom is -0.486 e. The van der Waals surface area contributed by atoms with Crippen LogP contribution in [0.5, 0.6) is 17.2 Å². The van der Waals surface area contributed by atoms with E-state index in [1.165, 1.54) is 0 Å². The van der Waals surface area contributed by atoms with Gasteiger partial charge in [0, 0.05) is 30.4 Å². The van der Waals surface area contributed by atoms with Gasteiger partial charge < -0.3 is 19.1 Å². The number of hydrogen-bond donors (Lipinski definition) is 0. The molecule has 0 saturated carbocycles. The first kappa shape index (κ1) is 18.3. The van der Waals surface area contributed by atoms with E-state index in [9.17, 15) is 9.59 Å². The highest BCUT2D eigenvalue weighted by Crippen LogP contribution is 2.35. The molecule has 4 rings (SSSR count). The molecule has 146 valence electrons. The number of carbonyl (C=O) groups is 2. The minimum absolute atomic E-state index is 0.263. The lowest BCUT2D eigenvalue weighted by Crippen LogP contribution is -2.34. The summed E-state index contributed by atoms with van der Waals surface area (Å²) in [6.45, 7) is 6.83. The van der Waals surface area contributed by atoms with E-state index in [1.54, 1.807) is 18.2 Å². The number of benzene rings is 2. The van der Waals surface area contributed by atoms with Crippen LogP contribution in [-0.4, -0.2) is 38.1 Å². The summed E-state index contributed by atoms with van der Waals surface area (Å²) in [7, 11) is 0. The maximum Gasteiger partial charge on any atom is 0.322 e. The lowest BCUT2D eigenvalue weighted by atomic mass is 9.89. The molecule has 0 radical (unpaired) electrons. The first-order chi connectivity index (χ1) is 13.6. The molecule has 1 atom stereocenters. The second kappa shape index (κ2) is 7.54. The van der Waals surface area contributed by atoms with Crippen LogP contribution in [-0.2, 0) is 11.2 Å². The number of anilines is 1. The van der Waals surface area contributed by atoms with Gasteiger partial charge in [-0.25, -0.2) is 0 Å². The molecule has 0 aliphatic carbocycles. The van der Waals surface area contributed by atoms with Gasteiger partial charge in [0.05, 0.1) is 0 Å². The van der Waals surface area contributed by atoms with E-state index >= 15 is 0 Å². The fourth-order valence-electron chi connectivity index (χ4n) is 3.67. The van der Waals surface area contributed by atoms with Gasteiger partial charge in [0.15, 0.2) is 17.3 Å². The Morgan fingerprint density at radius 3 is 2.50 bits per heavy atom. The third kappa shape index (κ3) is 3.30. The molecule has 0 saturated heterocycles. The summed E-state index contributed by atoms with van der Waals surface area (Å²) in [5.41, 5.74) is 2.30. The number of ether oxygens (including phenoxy) is 3. The smallest absolute Gasteiger partial charge is 0.322 e. The molecule has 6 heteroatoms. The fourth-order valence-corrected chi connectivity index (χ4v) is 3.67. The van der Waals surface area contributed by atoms with Crippen LogP contribution in [0.1, 0.15) is 29.8 Å². The largest absolute Gasteiger partial charge is 0.486 e. The zero-order valence-corrected chi connectivity index (χ0v) is 16.1. The summed E-state index contributed by atoms with van der Waals surface area (Å²) in [6, 6.07) is 10.9. The number of nitrogens with zero attached hydrogens (tertiary/aromatic N) is 1. The maximum atomic E-state index is 13.0. The molecule has 2 heterocycles. The number of ketones is 1. The zero-order chi connectivity index (χ0) is 19.7. The Kier molecular flexibility index (Phi) is 4.94. The van der Waals surface area contributed by atoms with E-state index < -0.39 is 11.9 Å². The van der Waals surface area contributed by atoms with E-state index in [4.69, 9.17) is 14.2 Å². The van der Waals surface area contributed by atoms with Crippen molar-refractivity contribution in [2.24, 2.45) is 5.92 Å². The number of rotatable bonds is 5. The van der Waals surface area contributed by atoms with Crippen molar-refractivity contribution >= 4 is 17.4 Å². The van der Waals surface area contributed by atoms with Gasteiger partial charge in [-0.1, -0.05) is 6.07 Å². The summed E-state index contributed by atoms with van der Waals surface area (Å²) in [6.07, 6.45) is 0.333. The molecule has 28 heavy (non-hydrogen) atoms. The average Bonchev–Trinajstić information content (AvgIpc) is 2.73. The maximum absolute atomic E-state index is 13.0. The van der Waals surface area contributed by atoms with Crippen molar-refractivity contribution < 1.29 is 23.8 Å². The second-order valence-electron chi connectivity index (χ2n) is 6.86. The summed E-state index contributed by atoms with van der Waals surface area (Å²) < 4.78 is 16.6. The second-order valence-corrected chi connectivity index (χ2v) is 6.86. The number of esters is 1. The van der Waals surface area contributed by atoms with Crippen molar-refractivity contribution in [2.75, 3.05) is 31.2 Å². The normalized spacial score (nSPS) is 17.5. The Morgan fingerprint density at radius 1 is 1.00 bits per heavy atom. The number of fused-ring (bicyclic) bond motifs is 2. The van der Waals surface area contributed by atoms with Crippen molar-refractivity contribution in [3.63, 3.8) is 0 Å². The highest BCUT2D eigenvalue weighted by Gasteiger charge is 2.35. The predicted octanol–water partition coefficient (Wildman–Crippen LogP) is 3.26. The van der Waals surface area contributed by atoms with Gasteiger partial charge in [-0.3, -0.25) is 9.59 Å². The molecule has 0 fully saturated rings. The Hall–Kier alpha value is -3.02. The summed E-state index contributed by atoms with van der Waals surface area (Å²) in [5, 5.41) is 0. The Bertz CT molecular complexity index is 919. The van der Waals surface area contributed by atoms with Crippen LogP contribution < -0.4 is 19.1 Å². The average molecular weight is 381 g/mol. The van der Waals surface area contributed by atoms with Gasteiger partial charge in [-0.2, -0.15) is 0 Å². The number of hydrogen-bond acceptors (Lipinski definition) is 6. The highest BCUT2D eigenvalue weighted by atomic mass is 16.6. The molecule has 0 N–H and O–H groups in total. The molecule has 0 aromatic heterocycles. The summed E-state index contributed by atoms with van der Waals surface area (Å²) in [5.74, 6) is 0.0633. The molecule has 2 aromatic carbocycles. The molecule has 0 bridgehead atoms. The quantitative estimate of drug-likeness (QED) is 0.343. The Morgan fingerprint density at radius 2 is 1.75 bits per heavy atom. The molecule has 1 unspecified atom stereocenters. The van der Waals surface area contributed by atoms with E-state index in [1.807, 2.05) is 18.2 Å². The van der Waals surface area contributed by atoms with Crippen molar-refractivity contribution in [1.29, 1.82) is 0 Å². The number of carbonyl (C=O) groups excluding carboxylic acids is 2. The highest BCUT2D eigenvalue weighted by molar-refractivity contribution is 6.10. The van der Waals surface area contributed by atoms with Crippen molar-refractivity contribution in [3.8, 4) is 17.2 Å². The Balaban J connectivity index is 1.57. The molecular weight excluding hydrogens is 358 g/mol. The lowest BCUT2D eigenvalue weighted by molar-refractivity contribution is -0.138. The Labute approximate surface area is 164 Å².